The highest BCUT2D eigenvalue weighted by Gasteiger charge is 2.07. The molecular weight excluding hydrogens is 271 g/mol. The Morgan fingerprint density at radius 3 is 2.50 bits per heavy atom. The van der Waals surface area contributed by atoms with Crippen LogP contribution in [0.25, 0.3) is 0 Å². The minimum Gasteiger partial charge on any atom is -0.384 e. The molecule has 0 spiro atoms. The highest BCUT2D eigenvalue weighted by atomic mass is 79.9. The molecule has 0 fully saturated rings. The summed E-state index contributed by atoms with van der Waals surface area (Å²) in [6.07, 6.45) is 0. The van der Waals surface area contributed by atoms with Crippen LogP contribution in [0.3, 0.4) is 0 Å². The topological polar surface area (TPSA) is 24.1 Å². The van der Waals surface area contributed by atoms with E-state index in [9.17, 15) is 4.39 Å². The predicted molar refractivity (Wildman–Crippen MR) is 70.3 cm³/mol. The lowest BCUT2D eigenvalue weighted by molar-refractivity contribution is 0.435. The maximum atomic E-state index is 13.0. The number of anilines is 1. The molecule has 0 saturated carbocycles. The standard InChI is InChI=1S/C12H18BrFN2/c1-12(2,3)16-7-6-15-9-4-5-11(14)10(13)8-9/h4-5,8,15-16H,6-7H2,1-3H3. The van der Waals surface area contributed by atoms with Gasteiger partial charge in [0.15, 0.2) is 0 Å². The van der Waals surface area contributed by atoms with E-state index >= 15 is 0 Å². The lowest BCUT2D eigenvalue weighted by atomic mass is 10.1. The van der Waals surface area contributed by atoms with Crippen molar-refractivity contribution in [3.63, 3.8) is 0 Å². The maximum absolute atomic E-state index is 13.0. The number of hydrogen-bond donors (Lipinski definition) is 2. The van der Waals surface area contributed by atoms with Crippen LogP contribution in [-0.2, 0) is 0 Å². The molecule has 90 valence electrons. The monoisotopic (exact) mass is 288 g/mol. The Morgan fingerprint density at radius 1 is 1.25 bits per heavy atom. The highest BCUT2D eigenvalue weighted by molar-refractivity contribution is 9.10. The normalized spacial score (nSPS) is 11.6. The van der Waals surface area contributed by atoms with Gasteiger partial charge in [0.25, 0.3) is 0 Å². The largest absolute Gasteiger partial charge is 0.384 e. The van der Waals surface area contributed by atoms with Gasteiger partial charge in [-0.1, -0.05) is 0 Å². The van der Waals surface area contributed by atoms with Crippen LogP contribution >= 0.6 is 15.9 Å². The van der Waals surface area contributed by atoms with Crippen molar-refractivity contribution in [3.05, 3.63) is 28.5 Å². The Morgan fingerprint density at radius 2 is 1.94 bits per heavy atom. The molecule has 0 unspecified atom stereocenters. The third-order valence-electron chi connectivity index (χ3n) is 2.03. The second-order valence-corrected chi connectivity index (χ2v) is 5.59. The third-order valence-corrected chi connectivity index (χ3v) is 2.64. The van der Waals surface area contributed by atoms with Gasteiger partial charge in [-0.05, 0) is 54.9 Å². The van der Waals surface area contributed by atoms with Crippen molar-refractivity contribution in [1.82, 2.24) is 5.32 Å². The van der Waals surface area contributed by atoms with Crippen molar-refractivity contribution < 1.29 is 4.39 Å². The van der Waals surface area contributed by atoms with Gasteiger partial charge < -0.3 is 10.6 Å². The van der Waals surface area contributed by atoms with Crippen molar-refractivity contribution in [2.24, 2.45) is 0 Å². The fraction of sp³-hybridized carbons (Fsp3) is 0.500. The van der Waals surface area contributed by atoms with Gasteiger partial charge in [-0.2, -0.15) is 0 Å². The summed E-state index contributed by atoms with van der Waals surface area (Å²) in [6.45, 7) is 8.07. The molecule has 0 aliphatic carbocycles. The molecule has 0 bridgehead atoms. The minimum absolute atomic E-state index is 0.130. The van der Waals surface area contributed by atoms with E-state index in [-0.39, 0.29) is 11.4 Å². The molecule has 1 aromatic carbocycles. The first-order valence-electron chi connectivity index (χ1n) is 5.32. The zero-order chi connectivity index (χ0) is 12.2. The highest BCUT2D eigenvalue weighted by Crippen LogP contribution is 2.19. The Bertz CT molecular complexity index is 347. The van der Waals surface area contributed by atoms with E-state index in [2.05, 4.69) is 47.3 Å². The van der Waals surface area contributed by atoms with Crippen LogP contribution in [0.15, 0.2) is 22.7 Å². The van der Waals surface area contributed by atoms with Crippen LogP contribution < -0.4 is 10.6 Å². The summed E-state index contributed by atoms with van der Waals surface area (Å²) in [6, 6.07) is 4.92. The molecule has 2 nitrogen and oxygen atoms in total. The summed E-state index contributed by atoms with van der Waals surface area (Å²) in [7, 11) is 0. The molecule has 0 radical (unpaired) electrons. The Labute approximate surface area is 105 Å². The summed E-state index contributed by atoms with van der Waals surface area (Å²) in [5.74, 6) is -0.238. The molecule has 0 amide bonds. The number of halogens is 2. The van der Waals surface area contributed by atoms with Crippen LogP contribution in [0, 0.1) is 5.82 Å². The molecule has 16 heavy (non-hydrogen) atoms. The lowest BCUT2D eigenvalue weighted by Crippen LogP contribution is -2.38. The van der Waals surface area contributed by atoms with Crippen molar-refractivity contribution in [2.45, 2.75) is 26.3 Å². The average Bonchev–Trinajstić information content (AvgIpc) is 2.17. The summed E-state index contributed by atoms with van der Waals surface area (Å²) >= 11 is 3.16. The van der Waals surface area contributed by atoms with E-state index in [1.165, 1.54) is 6.07 Å². The second-order valence-electron chi connectivity index (χ2n) is 4.73. The first-order chi connectivity index (χ1) is 7.38. The van der Waals surface area contributed by atoms with Gasteiger partial charge in [-0.25, -0.2) is 4.39 Å². The van der Waals surface area contributed by atoms with E-state index in [1.54, 1.807) is 12.1 Å². The molecule has 0 aromatic heterocycles. The minimum atomic E-state index is -0.238. The van der Waals surface area contributed by atoms with Crippen molar-refractivity contribution in [3.8, 4) is 0 Å². The van der Waals surface area contributed by atoms with Gasteiger partial charge >= 0.3 is 0 Å². The van der Waals surface area contributed by atoms with Gasteiger partial charge in [0.2, 0.25) is 0 Å². The summed E-state index contributed by atoms with van der Waals surface area (Å²) in [5.41, 5.74) is 1.05. The summed E-state index contributed by atoms with van der Waals surface area (Å²) in [5, 5.41) is 6.60. The number of benzene rings is 1. The second kappa shape index (κ2) is 5.64. The lowest BCUT2D eigenvalue weighted by Gasteiger charge is -2.20. The predicted octanol–water partition coefficient (Wildman–Crippen LogP) is 3.39. The molecule has 0 aliphatic rings. The molecule has 0 atom stereocenters. The van der Waals surface area contributed by atoms with Crippen LogP contribution in [0.4, 0.5) is 10.1 Å². The van der Waals surface area contributed by atoms with E-state index in [0.29, 0.717) is 4.47 Å². The van der Waals surface area contributed by atoms with Crippen molar-refractivity contribution in [1.29, 1.82) is 0 Å². The summed E-state index contributed by atoms with van der Waals surface area (Å²) < 4.78 is 13.4. The van der Waals surface area contributed by atoms with E-state index in [4.69, 9.17) is 0 Å². The fourth-order valence-corrected chi connectivity index (χ4v) is 1.63. The SMILES string of the molecule is CC(C)(C)NCCNc1ccc(F)c(Br)c1. The molecule has 1 aromatic rings. The van der Waals surface area contributed by atoms with E-state index in [1.807, 2.05) is 0 Å². The smallest absolute Gasteiger partial charge is 0.137 e. The Kier molecular flexibility index (Phi) is 4.74. The average molecular weight is 289 g/mol. The third kappa shape index (κ3) is 4.94. The molecular formula is C12H18BrFN2. The molecule has 1 rings (SSSR count). The van der Waals surface area contributed by atoms with Gasteiger partial charge in [0.05, 0.1) is 4.47 Å². The first kappa shape index (κ1) is 13.5. The van der Waals surface area contributed by atoms with E-state index in [0.717, 1.165) is 18.8 Å². The van der Waals surface area contributed by atoms with Crippen LogP contribution in [0.1, 0.15) is 20.8 Å². The van der Waals surface area contributed by atoms with Gasteiger partial charge in [0.1, 0.15) is 5.82 Å². The zero-order valence-electron chi connectivity index (χ0n) is 9.90. The van der Waals surface area contributed by atoms with Gasteiger partial charge in [-0.15, -0.1) is 0 Å². The van der Waals surface area contributed by atoms with Gasteiger partial charge in [0, 0.05) is 24.3 Å². The molecule has 2 N–H and O–H groups in total. The number of nitrogens with one attached hydrogen (secondary N) is 2. The van der Waals surface area contributed by atoms with Crippen molar-refractivity contribution >= 4 is 21.6 Å². The molecule has 0 heterocycles. The van der Waals surface area contributed by atoms with Crippen LogP contribution in [0.2, 0.25) is 0 Å². The Balaban J connectivity index is 2.35. The maximum Gasteiger partial charge on any atom is 0.137 e. The molecule has 0 aliphatic heterocycles. The fourth-order valence-electron chi connectivity index (χ4n) is 1.25. The quantitative estimate of drug-likeness (QED) is 0.830. The van der Waals surface area contributed by atoms with Crippen molar-refractivity contribution in [2.75, 3.05) is 18.4 Å². The van der Waals surface area contributed by atoms with Gasteiger partial charge in [-0.3, -0.25) is 0 Å². The number of rotatable bonds is 4. The Hall–Kier alpha value is -0.610. The van der Waals surface area contributed by atoms with Crippen LogP contribution in [-0.4, -0.2) is 18.6 Å². The summed E-state index contributed by atoms with van der Waals surface area (Å²) in [4.78, 5) is 0. The first-order valence-corrected chi connectivity index (χ1v) is 6.12. The van der Waals surface area contributed by atoms with Crippen LogP contribution in [0.5, 0.6) is 0 Å². The molecule has 4 heteroatoms. The van der Waals surface area contributed by atoms with E-state index < -0.39 is 0 Å². The zero-order valence-corrected chi connectivity index (χ0v) is 11.5. The molecule has 0 saturated heterocycles. The number of hydrogen-bond acceptors (Lipinski definition) is 2.